The number of hydrogen-bond acceptors (Lipinski definition) is 5. The molecule has 0 aliphatic carbocycles. The second kappa shape index (κ2) is 9.90. The zero-order valence-electron chi connectivity index (χ0n) is 8.43. The SMILES string of the molecule is CC(C)C(N)C(=O)O.N.NCC(=O)O. The highest BCUT2D eigenvalue weighted by atomic mass is 16.4. The molecule has 0 aliphatic rings. The molecular formula is C7H19N3O4. The molecule has 1 unspecified atom stereocenters. The summed E-state index contributed by atoms with van der Waals surface area (Å²) < 4.78 is 0. The van der Waals surface area contributed by atoms with Crippen molar-refractivity contribution in [3.05, 3.63) is 0 Å². The Morgan fingerprint density at radius 2 is 1.57 bits per heavy atom. The van der Waals surface area contributed by atoms with Crippen LogP contribution < -0.4 is 17.6 Å². The van der Waals surface area contributed by atoms with Gasteiger partial charge in [-0.2, -0.15) is 0 Å². The lowest BCUT2D eigenvalue weighted by Crippen LogP contribution is -2.34. The summed E-state index contributed by atoms with van der Waals surface area (Å²) in [5.74, 6) is -1.88. The van der Waals surface area contributed by atoms with Gasteiger partial charge in [-0.25, -0.2) is 0 Å². The van der Waals surface area contributed by atoms with Crippen LogP contribution in [-0.2, 0) is 9.59 Å². The van der Waals surface area contributed by atoms with E-state index in [1.165, 1.54) is 0 Å². The van der Waals surface area contributed by atoms with E-state index in [1.807, 2.05) is 0 Å². The van der Waals surface area contributed by atoms with Crippen molar-refractivity contribution in [2.24, 2.45) is 17.4 Å². The summed E-state index contributed by atoms with van der Waals surface area (Å²) in [6.07, 6.45) is 0. The van der Waals surface area contributed by atoms with Crippen LogP contribution in [0.4, 0.5) is 0 Å². The van der Waals surface area contributed by atoms with E-state index in [-0.39, 0.29) is 18.6 Å². The quantitative estimate of drug-likeness (QED) is 0.408. The second-order valence-corrected chi connectivity index (χ2v) is 2.71. The summed E-state index contributed by atoms with van der Waals surface area (Å²) in [5.41, 5.74) is 9.73. The Balaban J connectivity index is -0.000000177. The maximum Gasteiger partial charge on any atom is 0.320 e. The fraction of sp³-hybridized carbons (Fsp3) is 0.714. The van der Waals surface area contributed by atoms with Crippen molar-refractivity contribution < 1.29 is 19.8 Å². The molecule has 7 heteroatoms. The van der Waals surface area contributed by atoms with Crippen molar-refractivity contribution in [3.8, 4) is 0 Å². The maximum absolute atomic E-state index is 10.0. The number of aliphatic carboxylic acids is 2. The summed E-state index contributed by atoms with van der Waals surface area (Å²) in [6.45, 7) is 3.28. The lowest BCUT2D eigenvalue weighted by molar-refractivity contribution is -0.139. The van der Waals surface area contributed by atoms with Gasteiger partial charge in [0.2, 0.25) is 0 Å². The smallest absolute Gasteiger partial charge is 0.320 e. The molecule has 0 amide bonds. The molecule has 0 saturated heterocycles. The molecule has 0 spiro atoms. The zero-order valence-corrected chi connectivity index (χ0v) is 8.43. The summed E-state index contributed by atoms with van der Waals surface area (Å²) in [5, 5.41) is 15.8. The van der Waals surface area contributed by atoms with Crippen LogP contribution in [0.5, 0.6) is 0 Å². The van der Waals surface area contributed by atoms with Gasteiger partial charge in [0.15, 0.2) is 0 Å². The fourth-order valence-corrected chi connectivity index (χ4v) is 0.285. The molecule has 0 aromatic rings. The number of hydrogen-bond donors (Lipinski definition) is 5. The van der Waals surface area contributed by atoms with Crippen molar-refractivity contribution in [1.29, 1.82) is 0 Å². The Morgan fingerprint density at radius 1 is 1.29 bits per heavy atom. The molecule has 0 aromatic carbocycles. The van der Waals surface area contributed by atoms with Gasteiger partial charge in [0, 0.05) is 0 Å². The predicted molar refractivity (Wildman–Crippen MR) is 52.2 cm³/mol. The first kappa shape index (κ1) is 18.6. The van der Waals surface area contributed by atoms with Crippen LogP contribution in [0, 0.1) is 5.92 Å². The third-order valence-corrected chi connectivity index (χ3v) is 1.18. The minimum atomic E-state index is -0.968. The Labute approximate surface area is 82.7 Å². The van der Waals surface area contributed by atoms with Crippen LogP contribution in [-0.4, -0.2) is 34.7 Å². The van der Waals surface area contributed by atoms with Gasteiger partial charge in [0.05, 0.1) is 6.54 Å². The molecule has 14 heavy (non-hydrogen) atoms. The van der Waals surface area contributed by atoms with E-state index in [4.69, 9.17) is 15.9 Å². The summed E-state index contributed by atoms with van der Waals surface area (Å²) in [4.78, 5) is 19.3. The molecule has 0 heterocycles. The average molecular weight is 209 g/mol. The topological polar surface area (TPSA) is 162 Å². The van der Waals surface area contributed by atoms with Crippen LogP contribution >= 0.6 is 0 Å². The number of rotatable bonds is 3. The molecule has 7 nitrogen and oxygen atoms in total. The van der Waals surface area contributed by atoms with Gasteiger partial charge in [-0.1, -0.05) is 13.8 Å². The van der Waals surface area contributed by atoms with Crippen LogP contribution in [0.3, 0.4) is 0 Å². The van der Waals surface area contributed by atoms with Crippen molar-refractivity contribution in [3.63, 3.8) is 0 Å². The molecule has 0 radical (unpaired) electrons. The number of nitrogens with two attached hydrogens (primary N) is 2. The third-order valence-electron chi connectivity index (χ3n) is 1.18. The van der Waals surface area contributed by atoms with E-state index in [9.17, 15) is 9.59 Å². The normalized spacial score (nSPS) is 10.6. The summed E-state index contributed by atoms with van der Waals surface area (Å²) in [6, 6.07) is -0.713. The first-order valence-electron chi connectivity index (χ1n) is 3.73. The van der Waals surface area contributed by atoms with Gasteiger partial charge in [-0.3, -0.25) is 9.59 Å². The van der Waals surface area contributed by atoms with E-state index in [0.29, 0.717) is 0 Å². The van der Waals surface area contributed by atoms with Crippen molar-refractivity contribution in [2.75, 3.05) is 6.54 Å². The minimum absolute atomic E-state index is 0. The lowest BCUT2D eigenvalue weighted by Gasteiger charge is -2.07. The van der Waals surface area contributed by atoms with E-state index >= 15 is 0 Å². The highest BCUT2D eigenvalue weighted by Gasteiger charge is 2.14. The Kier molecular flexibility index (Phi) is 13.1. The van der Waals surface area contributed by atoms with E-state index in [0.717, 1.165) is 0 Å². The van der Waals surface area contributed by atoms with Crippen LogP contribution in [0.2, 0.25) is 0 Å². The molecule has 0 bridgehead atoms. The monoisotopic (exact) mass is 209 g/mol. The zero-order chi connectivity index (χ0) is 11.0. The molecule has 0 fully saturated rings. The highest BCUT2D eigenvalue weighted by Crippen LogP contribution is 1.96. The largest absolute Gasteiger partial charge is 0.480 e. The molecule has 0 rings (SSSR count). The van der Waals surface area contributed by atoms with Crippen LogP contribution in [0.1, 0.15) is 13.8 Å². The molecule has 0 aromatic heterocycles. The molecule has 86 valence electrons. The average Bonchev–Trinajstić information content (AvgIpc) is 2.03. The minimum Gasteiger partial charge on any atom is -0.480 e. The van der Waals surface area contributed by atoms with Crippen molar-refractivity contribution in [2.45, 2.75) is 19.9 Å². The fourth-order valence-electron chi connectivity index (χ4n) is 0.285. The highest BCUT2D eigenvalue weighted by molar-refractivity contribution is 5.73. The van der Waals surface area contributed by atoms with E-state index in [1.54, 1.807) is 13.8 Å². The number of carbonyl (C=O) groups is 2. The number of carboxylic acid groups (broad SMARTS) is 2. The first-order chi connectivity index (χ1) is 5.82. The third kappa shape index (κ3) is 13.4. The van der Waals surface area contributed by atoms with Gasteiger partial charge in [0.25, 0.3) is 0 Å². The van der Waals surface area contributed by atoms with Gasteiger partial charge >= 0.3 is 11.9 Å². The van der Waals surface area contributed by atoms with Gasteiger partial charge in [-0.15, -0.1) is 0 Å². The lowest BCUT2D eigenvalue weighted by atomic mass is 10.1. The van der Waals surface area contributed by atoms with E-state index < -0.39 is 18.0 Å². The van der Waals surface area contributed by atoms with E-state index in [2.05, 4.69) is 5.73 Å². The predicted octanol–water partition coefficient (Wildman–Crippen LogP) is -0.754. The van der Waals surface area contributed by atoms with Crippen molar-refractivity contribution in [1.82, 2.24) is 6.15 Å². The van der Waals surface area contributed by atoms with Crippen LogP contribution in [0.25, 0.3) is 0 Å². The van der Waals surface area contributed by atoms with Crippen molar-refractivity contribution >= 4 is 11.9 Å². The first-order valence-corrected chi connectivity index (χ1v) is 3.73. The Morgan fingerprint density at radius 3 is 1.57 bits per heavy atom. The Bertz CT molecular complexity index is 172. The molecule has 0 saturated carbocycles. The summed E-state index contributed by atoms with van der Waals surface area (Å²) in [7, 11) is 0. The van der Waals surface area contributed by atoms with Gasteiger partial charge < -0.3 is 27.8 Å². The molecule has 0 aliphatic heterocycles. The van der Waals surface area contributed by atoms with Gasteiger partial charge in [0.1, 0.15) is 6.04 Å². The van der Waals surface area contributed by atoms with Gasteiger partial charge in [-0.05, 0) is 5.92 Å². The maximum atomic E-state index is 10.0. The van der Waals surface area contributed by atoms with Crippen LogP contribution in [0.15, 0.2) is 0 Å². The summed E-state index contributed by atoms with van der Waals surface area (Å²) >= 11 is 0. The standard InChI is InChI=1S/C5H11NO2.C2H5NO2.H3N/c1-3(2)4(6)5(7)8;3-1-2(4)5;/h3-4H,6H2,1-2H3,(H,7,8);1,3H2,(H,4,5);1H3. The molecular weight excluding hydrogens is 190 g/mol. The molecule has 9 N–H and O–H groups in total. The number of carboxylic acids is 2. The second-order valence-electron chi connectivity index (χ2n) is 2.71. The molecule has 1 atom stereocenters. The Hall–Kier alpha value is -1.18.